The van der Waals surface area contributed by atoms with Crippen LogP contribution in [0.2, 0.25) is 0 Å². The van der Waals surface area contributed by atoms with Crippen molar-refractivity contribution in [1.29, 1.82) is 0 Å². The van der Waals surface area contributed by atoms with E-state index >= 15 is 0 Å². The minimum atomic E-state index is -4.47. The predicted molar refractivity (Wildman–Crippen MR) is 75.8 cm³/mol. The van der Waals surface area contributed by atoms with Gasteiger partial charge < -0.3 is 9.13 Å². The molecule has 23 heavy (non-hydrogen) atoms. The molecule has 0 spiro atoms. The summed E-state index contributed by atoms with van der Waals surface area (Å²) in [6, 6.07) is 0.995. The summed E-state index contributed by atoms with van der Waals surface area (Å²) < 4.78 is 42.4. The molecule has 0 aromatic carbocycles. The molecule has 1 saturated carbocycles. The molecule has 5 rings (SSSR count). The van der Waals surface area contributed by atoms with Gasteiger partial charge in [0.05, 0.1) is 29.5 Å². The summed E-state index contributed by atoms with van der Waals surface area (Å²) in [5.74, 6) is 2.24. The predicted octanol–water partition coefficient (Wildman–Crippen LogP) is 3.09. The number of imidazole rings is 2. The van der Waals surface area contributed by atoms with Crippen LogP contribution >= 0.6 is 0 Å². The van der Waals surface area contributed by atoms with Crippen LogP contribution in [0.3, 0.4) is 0 Å². The maximum absolute atomic E-state index is 12.8. The summed E-state index contributed by atoms with van der Waals surface area (Å²) in [4.78, 5) is 12.6. The van der Waals surface area contributed by atoms with Gasteiger partial charge in [-0.1, -0.05) is 0 Å². The molecule has 5 nitrogen and oxygen atoms in total. The van der Waals surface area contributed by atoms with Gasteiger partial charge in [0.2, 0.25) is 0 Å². The van der Waals surface area contributed by atoms with Gasteiger partial charge in [-0.3, -0.25) is 0 Å². The molecule has 1 aliphatic heterocycles. The first-order valence-corrected chi connectivity index (χ1v) is 7.43. The first kappa shape index (κ1) is 13.1. The van der Waals surface area contributed by atoms with E-state index in [0.717, 1.165) is 42.7 Å². The first-order chi connectivity index (χ1) is 10.9. The molecular weight excluding hydrogens is 307 g/mol. The Morgan fingerprint density at radius 3 is 2.70 bits per heavy atom. The van der Waals surface area contributed by atoms with Crippen LogP contribution in [0.15, 0.2) is 12.3 Å². The second-order valence-corrected chi connectivity index (χ2v) is 6.18. The van der Waals surface area contributed by atoms with Crippen LogP contribution in [0.5, 0.6) is 0 Å². The Hall–Kier alpha value is -2.38. The Labute approximate surface area is 128 Å². The van der Waals surface area contributed by atoms with Crippen molar-refractivity contribution in [3.05, 3.63) is 29.5 Å². The molecule has 0 amide bonds. The molecule has 3 aromatic heterocycles. The quantitative estimate of drug-likeness (QED) is 0.570. The number of alkyl halides is 3. The van der Waals surface area contributed by atoms with Gasteiger partial charge in [-0.25, -0.2) is 15.0 Å². The van der Waals surface area contributed by atoms with Crippen LogP contribution in [-0.2, 0) is 19.8 Å². The summed E-state index contributed by atoms with van der Waals surface area (Å²) in [5.41, 5.74) is 1.85. The lowest BCUT2D eigenvalue weighted by molar-refractivity contribution is -0.141. The summed E-state index contributed by atoms with van der Waals surface area (Å²) in [7, 11) is 1.78. The van der Waals surface area contributed by atoms with Crippen molar-refractivity contribution in [1.82, 2.24) is 24.1 Å². The summed E-state index contributed by atoms with van der Waals surface area (Å²) in [6.45, 7) is 0.861. The van der Waals surface area contributed by atoms with E-state index in [9.17, 15) is 13.2 Å². The number of aromatic nitrogens is 5. The van der Waals surface area contributed by atoms with Gasteiger partial charge >= 0.3 is 6.18 Å². The Morgan fingerprint density at radius 2 is 2.00 bits per heavy atom. The molecule has 0 radical (unpaired) electrons. The topological polar surface area (TPSA) is 48.5 Å². The summed E-state index contributed by atoms with van der Waals surface area (Å²) in [6.07, 6.45) is -0.911. The third-order valence-corrected chi connectivity index (χ3v) is 4.52. The Morgan fingerprint density at radius 1 is 1.22 bits per heavy atom. The van der Waals surface area contributed by atoms with Crippen LogP contribution in [-0.4, -0.2) is 24.1 Å². The fourth-order valence-corrected chi connectivity index (χ4v) is 3.06. The van der Waals surface area contributed by atoms with Gasteiger partial charge in [0.15, 0.2) is 5.82 Å². The first-order valence-electron chi connectivity index (χ1n) is 7.43. The van der Waals surface area contributed by atoms with Crippen LogP contribution in [0, 0.1) is 0 Å². The van der Waals surface area contributed by atoms with Gasteiger partial charge in [-0.2, -0.15) is 13.2 Å². The number of pyridine rings is 1. The molecular formula is C15H12F3N5. The number of aryl methyl sites for hydroxylation is 1. The zero-order valence-corrected chi connectivity index (χ0v) is 12.2. The van der Waals surface area contributed by atoms with Crippen molar-refractivity contribution in [3.8, 4) is 11.5 Å². The average Bonchev–Trinajstić information content (AvgIpc) is 3.41. The molecule has 1 fully saturated rings. The number of rotatable bonds is 2. The number of halogens is 3. The summed E-state index contributed by atoms with van der Waals surface area (Å²) in [5, 5.41) is 0. The second kappa shape index (κ2) is 3.93. The van der Waals surface area contributed by atoms with Crippen molar-refractivity contribution in [3.63, 3.8) is 0 Å². The van der Waals surface area contributed by atoms with E-state index in [1.807, 2.05) is 0 Å². The molecule has 3 aromatic rings. The largest absolute Gasteiger partial charge is 0.433 e. The number of nitrogens with zero attached hydrogens (tertiary/aromatic N) is 5. The van der Waals surface area contributed by atoms with Crippen molar-refractivity contribution in [2.75, 3.05) is 0 Å². The minimum absolute atomic E-state index is 0.292. The van der Waals surface area contributed by atoms with E-state index in [1.165, 1.54) is 6.20 Å². The fourth-order valence-electron chi connectivity index (χ4n) is 3.06. The Kier molecular flexibility index (Phi) is 2.24. The molecule has 0 unspecified atom stereocenters. The highest BCUT2D eigenvalue weighted by Crippen LogP contribution is 2.45. The molecule has 118 valence electrons. The zero-order valence-electron chi connectivity index (χ0n) is 12.2. The number of hydrogen-bond donors (Lipinski definition) is 0. The molecule has 0 N–H and O–H groups in total. The third kappa shape index (κ3) is 1.83. The number of hydrogen-bond acceptors (Lipinski definition) is 3. The van der Waals surface area contributed by atoms with Crippen molar-refractivity contribution in [2.45, 2.75) is 31.5 Å². The smallest absolute Gasteiger partial charge is 0.324 e. The van der Waals surface area contributed by atoms with Crippen LogP contribution in [0.1, 0.15) is 36.0 Å². The average molecular weight is 319 g/mol. The lowest BCUT2D eigenvalue weighted by Crippen LogP contribution is -2.07. The fraction of sp³-hybridized carbons (Fsp3) is 0.400. The summed E-state index contributed by atoms with van der Waals surface area (Å²) >= 11 is 0. The van der Waals surface area contributed by atoms with E-state index in [4.69, 9.17) is 0 Å². The molecule has 0 bridgehead atoms. The van der Waals surface area contributed by atoms with E-state index in [-0.39, 0.29) is 0 Å². The molecule has 1 aliphatic carbocycles. The van der Waals surface area contributed by atoms with Gasteiger partial charge in [0.25, 0.3) is 0 Å². The molecule has 4 heterocycles. The molecule has 8 heteroatoms. The number of fused-ring (bicyclic) bond motifs is 2. The monoisotopic (exact) mass is 319 g/mol. The highest BCUT2D eigenvalue weighted by atomic mass is 19.4. The maximum atomic E-state index is 12.8. The van der Waals surface area contributed by atoms with E-state index in [1.54, 1.807) is 11.6 Å². The van der Waals surface area contributed by atoms with Gasteiger partial charge in [0, 0.05) is 13.0 Å². The lowest BCUT2D eigenvalue weighted by Gasteiger charge is -2.04. The van der Waals surface area contributed by atoms with Crippen molar-refractivity contribution >= 4 is 11.0 Å². The van der Waals surface area contributed by atoms with Gasteiger partial charge in [0.1, 0.15) is 17.2 Å². The highest BCUT2D eigenvalue weighted by molar-refractivity contribution is 5.80. The third-order valence-electron chi connectivity index (χ3n) is 4.52. The zero-order chi connectivity index (χ0) is 15.9. The second-order valence-electron chi connectivity index (χ2n) is 6.18. The lowest BCUT2D eigenvalue weighted by atomic mass is 10.3. The normalized spacial score (nSPS) is 16.9. The van der Waals surface area contributed by atoms with E-state index in [0.29, 0.717) is 22.8 Å². The van der Waals surface area contributed by atoms with Crippen LogP contribution in [0.25, 0.3) is 22.6 Å². The van der Waals surface area contributed by atoms with Crippen LogP contribution in [0.4, 0.5) is 13.2 Å². The maximum Gasteiger partial charge on any atom is 0.433 e. The highest BCUT2D eigenvalue weighted by Gasteiger charge is 2.38. The van der Waals surface area contributed by atoms with Crippen molar-refractivity contribution in [2.24, 2.45) is 7.05 Å². The molecule has 0 saturated heterocycles. The SMILES string of the molecule is Cn1c(-c2nc(C3CC3)n3c2C3)nc2cc(C(F)(F)F)ncc21. The van der Waals surface area contributed by atoms with E-state index in [2.05, 4.69) is 19.5 Å². The van der Waals surface area contributed by atoms with Gasteiger partial charge in [-0.15, -0.1) is 0 Å². The minimum Gasteiger partial charge on any atom is -0.324 e. The Bertz CT molecular complexity index is 962. The van der Waals surface area contributed by atoms with Gasteiger partial charge in [-0.05, 0) is 18.9 Å². The molecule has 0 atom stereocenters. The van der Waals surface area contributed by atoms with Crippen molar-refractivity contribution < 1.29 is 13.2 Å². The van der Waals surface area contributed by atoms with E-state index < -0.39 is 11.9 Å². The Balaban J connectivity index is 1.66. The molecule has 2 aliphatic rings. The van der Waals surface area contributed by atoms with Crippen LogP contribution < -0.4 is 0 Å². The standard InChI is InChI=1S/C15H12F3N5/c1-22-9-5-19-11(15(16,17)18)4-8(9)20-14(22)12-10-6-23(10)13(21-12)7-2-3-7/h4-5,7H,2-3,6H2,1H3.